The molecule has 0 N–H and O–H groups in total. The van der Waals surface area contributed by atoms with E-state index in [4.69, 9.17) is 0 Å². The van der Waals surface area contributed by atoms with Crippen LogP contribution in [-0.4, -0.2) is 163 Å². The van der Waals surface area contributed by atoms with Gasteiger partial charge in [-0.2, -0.15) is 132 Å². The lowest BCUT2D eigenvalue weighted by atomic mass is 10.1. The molecule has 0 aliphatic heterocycles. The zero-order chi connectivity index (χ0) is 69.9. The van der Waals surface area contributed by atoms with E-state index in [0.29, 0.717) is 28.8 Å². The molecule has 5 rings (SSSR count). The van der Waals surface area contributed by atoms with E-state index in [1.165, 1.54) is 62.9 Å². The van der Waals surface area contributed by atoms with E-state index in [2.05, 4.69) is 0 Å². The molecule has 4 aromatic rings. The third kappa shape index (κ3) is 15.8. The van der Waals surface area contributed by atoms with Gasteiger partial charge < -0.3 is 19.6 Å². The van der Waals surface area contributed by atoms with E-state index in [0.717, 1.165) is 24.3 Å². The quantitative estimate of drug-likeness (QED) is 0.0320. The average molecular weight is 1380 g/mol. The number of rotatable bonds is 28. The minimum Gasteiger partial charge on any atom is -0.366 e. The van der Waals surface area contributed by atoms with Gasteiger partial charge in [-0.15, -0.1) is 0 Å². The normalized spacial score (nSPS) is 14.5. The van der Waals surface area contributed by atoms with Crippen LogP contribution >= 0.6 is 0 Å². The Balaban J connectivity index is 1.83. The Kier molecular flexibility index (Phi) is 22.4. The van der Waals surface area contributed by atoms with Crippen LogP contribution < -0.4 is 28.8 Å². The fourth-order valence-electron chi connectivity index (χ4n) is 8.71. The summed E-state index contributed by atoms with van der Waals surface area (Å²) in [6.07, 6.45) is -24.7. The SMILES string of the molecule is FCCN(CCF)c1ccc([N+](=C2C=CC(=[N+](c3ccc(N(CC(F)(F)C(F)(F)C(F)(F)F)CC(F)(F)C(F)(F)C(F)(F)F)cc3)c3ccc(N(CC(F)(F)C(F)(F)C(F)(F)F)CC(F)(F)C(F)(F)C(F)(F)F)cc3)C=C2)c2ccc(N(CCF)CCF)cc2)cc1. The van der Waals surface area contributed by atoms with Gasteiger partial charge in [0.2, 0.25) is 34.2 Å². The van der Waals surface area contributed by atoms with E-state index in [9.17, 15) is 140 Å². The van der Waals surface area contributed by atoms with E-state index in [1.54, 1.807) is 0 Å². The summed E-state index contributed by atoms with van der Waals surface area (Å²) >= 11 is 0. The molecule has 1 aliphatic rings. The summed E-state index contributed by atoms with van der Waals surface area (Å²) in [5.41, 5.74) is -4.06. The first-order valence-electron chi connectivity index (χ1n) is 25.6. The Morgan fingerprint density at radius 2 is 0.402 bits per heavy atom. The monoisotopic (exact) mass is 1380 g/mol. The first-order valence-corrected chi connectivity index (χ1v) is 25.6. The highest BCUT2D eigenvalue weighted by Crippen LogP contribution is 2.52. The molecule has 0 bridgehead atoms. The predicted molar refractivity (Wildman–Crippen MR) is 274 cm³/mol. The number of halogens is 32. The highest BCUT2D eigenvalue weighted by atomic mass is 19.5. The van der Waals surface area contributed by atoms with Crippen molar-refractivity contribution in [2.45, 2.75) is 72.1 Å². The van der Waals surface area contributed by atoms with Gasteiger partial charge in [0.1, 0.15) is 26.7 Å². The molecular weight excluding hydrogens is 1340 g/mol. The van der Waals surface area contributed by atoms with Gasteiger partial charge in [0.25, 0.3) is 0 Å². The summed E-state index contributed by atoms with van der Waals surface area (Å²) in [7, 11) is 0. The molecule has 6 nitrogen and oxygen atoms in total. The number of anilines is 4. The fourth-order valence-corrected chi connectivity index (χ4v) is 8.71. The van der Waals surface area contributed by atoms with Crippen molar-refractivity contribution in [2.24, 2.45) is 0 Å². The van der Waals surface area contributed by atoms with Gasteiger partial charge in [-0.25, -0.2) is 17.6 Å². The molecule has 0 heterocycles. The molecule has 4 aromatic carbocycles. The van der Waals surface area contributed by atoms with Crippen LogP contribution in [0.25, 0.3) is 0 Å². The van der Waals surface area contributed by atoms with E-state index < -0.39 is 163 Å². The van der Waals surface area contributed by atoms with Gasteiger partial charge in [0.05, 0.1) is 26.2 Å². The molecule has 0 aromatic heterocycles. The topological polar surface area (TPSA) is 19.0 Å². The molecule has 0 spiro atoms. The second kappa shape index (κ2) is 27.3. The summed E-state index contributed by atoms with van der Waals surface area (Å²) in [5.74, 6) is -55.7. The summed E-state index contributed by atoms with van der Waals surface area (Å²) < 4.78 is 447. The van der Waals surface area contributed by atoms with Crippen molar-refractivity contribution in [3.8, 4) is 0 Å². The van der Waals surface area contributed by atoms with Gasteiger partial charge in [-0.1, -0.05) is 0 Å². The lowest BCUT2D eigenvalue weighted by Gasteiger charge is -2.37. The molecule has 0 saturated heterocycles. The highest BCUT2D eigenvalue weighted by Gasteiger charge is 2.77. The largest absolute Gasteiger partial charge is 0.459 e. The zero-order valence-electron chi connectivity index (χ0n) is 45.8. The van der Waals surface area contributed by atoms with Gasteiger partial charge in [-0.3, -0.25) is 0 Å². The second-order valence-electron chi connectivity index (χ2n) is 19.8. The van der Waals surface area contributed by atoms with Gasteiger partial charge in [0, 0.05) is 122 Å². The molecule has 0 fully saturated rings. The molecule has 0 unspecified atom stereocenters. The van der Waals surface area contributed by atoms with Crippen LogP contribution in [0, 0.1) is 0 Å². The lowest BCUT2D eigenvalue weighted by Crippen LogP contribution is -2.61. The van der Waals surface area contributed by atoms with E-state index in [-0.39, 0.29) is 78.9 Å². The zero-order valence-corrected chi connectivity index (χ0v) is 45.8. The first-order chi connectivity index (χ1) is 42.0. The molecule has 38 heteroatoms. The Bertz CT molecular complexity index is 2920. The molecule has 512 valence electrons. The Labute approximate surface area is 498 Å². The Morgan fingerprint density at radius 3 is 0.554 bits per heavy atom. The van der Waals surface area contributed by atoms with Crippen molar-refractivity contribution in [3.05, 3.63) is 121 Å². The fraction of sp³-hybridized carbons (Fsp3) is 0.444. The first kappa shape index (κ1) is 75.4. The second-order valence-corrected chi connectivity index (χ2v) is 19.8. The van der Waals surface area contributed by atoms with Crippen molar-refractivity contribution >= 4 is 56.9 Å². The van der Waals surface area contributed by atoms with Crippen LogP contribution in [-0.2, 0) is 0 Å². The number of allylic oxidation sites excluding steroid dienone is 4. The van der Waals surface area contributed by atoms with Crippen molar-refractivity contribution in [2.75, 3.05) is 98.7 Å². The maximum Gasteiger partial charge on any atom is 0.459 e. The van der Waals surface area contributed by atoms with Gasteiger partial charge >= 0.3 is 72.1 Å². The highest BCUT2D eigenvalue weighted by molar-refractivity contribution is 6.20. The Hall–Kier alpha value is -7.34. The molecule has 0 amide bonds. The van der Waals surface area contributed by atoms with Crippen LogP contribution in [0.1, 0.15) is 0 Å². The predicted octanol–water partition coefficient (Wildman–Crippen LogP) is 17.5. The van der Waals surface area contributed by atoms with Crippen LogP contribution in [0.3, 0.4) is 0 Å². The van der Waals surface area contributed by atoms with E-state index in [1.807, 2.05) is 0 Å². The van der Waals surface area contributed by atoms with Crippen molar-refractivity contribution in [1.29, 1.82) is 0 Å². The third-order valence-corrected chi connectivity index (χ3v) is 13.5. The summed E-state index contributed by atoms with van der Waals surface area (Å²) in [6, 6.07) is 13.4. The molecule has 0 atom stereocenters. The molecule has 1 aliphatic carbocycles. The minimum atomic E-state index is -7.27. The van der Waals surface area contributed by atoms with E-state index >= 15 is 0 Å². The lowest BCUT2D eigenvalue weighted by molar-refractivity contribution is -0.356. The summed E-state index contributed by atoms with van der Waals surface area (Å²) in [4.78, 5) is 0.290. The number of hydrogen-bond acceptors (Lipinski definition) is 4. The van der Waals surface area contributed by atoms with Gasteiger partial charge in [-0.05, 0) is 48.5 Å². The average Bonchev–Trinajstić information content (AvgIpc) is 0.768. The van der Waals surface area contributed by atoms with Crippen LogP contribution in [0.5, 0.6) is 0 Å². The molecule has 0 radical (unpaired) electrons. The number of benzene rings is 4. The molecule has 0 saturated carbocycles. The maximum atomic E-state index is 14.9. The van der Waals surface area contributed by atoms with Gasteiger partial charge in [0.15, 0.2) is 0 Å². The number of nitrogens with zero attached hydrogens (tertiary/aromatic N) is 6. The number of hydrogen-bond donors (Lipinski definition) is 0. The van der Waals surface area contributed by atoms with Crippen LogP contribution in [0.2, 0.25) is 0 Å². The van der Waals surface area contributed by atoms with Crippen molar-refractivity contribution < 1.29 is 140 Å². The number of alkyl halides is 32. The minimum absolute atomic E-state index is 0.0290. The van der Waals surface area contributed by atoms with Crippen molar-refractivity contribution in [3.63, 3.8) is 0 Å². The third-order valence-electron chi connectivity index (χ3n) is 13.5. The molecule has 92 heavy (non-hydrogen) atoms. The van der Waals surface area contributed by atoms with Crippen LogP contribution in [0.15, 0.2) is 121 Å². The van der Waals surface area contributed by atoms with Crippen LogP contribution in [0.4, 0.5) is 186 Å². The molecular formula is C54H44F32N6+2. The maximum absolute atomic E-state index is 14.9. The smallest absolute Gasteiger partial charge is 0.366 e. The summed E-state index contributed by atoms with van der Waals surface area (Å²) in [5, 5.41) is 0. The standard InChI is InChI=1S/C54H44F32N6/c55-21-25-87(26-22-56)33-1-9-37(10-2-33)91(38-11-3-34(4-12-38)88(27-23-57)28-24-58)41-17-19-42(20-18-41)92(39-13-5-35(6-14-39)89(29-43(59,60)47(67,68)51(75,76)77)30-44(61,62)48(69,70)52(78,79)80)40-15-7-36(8-16-40)90(31-45(63,64)49(71,72)53(81,82)83)32-46(65,66)50(73,74)54(84,85)86/h1-20H,21-32H2/q+2. The Morgan fingerprint density at radius 1 is 0.239 bits per heavy atom. The van der Waals surface area contributed by atoms with Crippen molar-refractivity contribution in [1.82, 2.24) is 9.15 Å². The summed E-state index contributed by atoms with van der Waals surface area (Å²) in [6.45, 7) is -18.6.